The lowest BCUT2D eigenvalue weighted by atomic mass is 10.2. The fourth-order valence-corrected chi connectivity index (χ4v) is 1.26. The number of hydrogen-bond acceptors (Lipinski definition) is 4. The Bertz CT molecular complexity index is 268. The van der Waals surface area contributed by atoms with Crippen LogP contribution in [0.1, 0.15) is 5.56 Å². The number of rotatable bonds is 2. The number of para-hydroxylation sites is 1. The Kier molecular flexibility index (Phi) is 2.65. The predicted octanol–water partition coefficient (Wildman–Crippen LogP) is 1.03. The zero-order valence-corrected chi connectivity index (χ0v) is 7.40. The first-order valence-corrected chi connectivity index (χ1v) is 4.88. The first-order chi connectivity index (χ1) is 5.49. The number of hydrogen-bond donors (Lipinski definition) is 3. The molecule has 0 atom stereocenters. The van der Waals surface area contributed by atoms with Crippen molar-refractivity contribution in [3.05, 3.63) is 29.8 Å². The second kappa shape index (κ2) is 3.37. The zero-order valence-electron chi connectivity index (χ0n) is 6.51. The largest absolute Gasteiger partial charge is 0.613 e. The summed E-state index contributed by atoms with van der Waals surface area (Å²) in [6.45, 7) is 1.74. The minimum atomic E-state index is -4.16. The van der Waals surface area contributed by atoms with E-state index in [4.69, 9.17) is 14.7 Å². The highest BCUT2D eigenvalue weighted by atomic mass is 31.2. The Morgan fingerprint density at radius 2 is 1.75 bits per heavy atom. The summed E-state index contributed by atoms with van der Waals surface area (Å²) in [5, 5.41) is 0. The maximum absolute atomic E-state index is 8.60. The molecular weight excluding hydrogens is 179 g/mol. The fraction of sp³-hybridized carbons (Fsp3) is 0.143. The normalized spacial score (nSPS) is 11.3. The Balaban J connectivity index is 2.83. The molecule has 4 nitrogen and oxygen atoms in total. The van der Waals surface area contributed by atoms with Crippen LogP contribution in [0.4, 0.5) is 0 Å². The molecule has 0 bridgehead atoms. The van der Waals surface area contributed by atoms with Gasteiger partial charge in [-0.3, -0.25) is 4.52 Å². The van der Waals surface area contributed by atoms with Crippen LogP contribution in [-0.4, -0.2) is 14.7 Å². The maximum atomic E-state index is 8.60. The van der Waals surface area contributed by atoms with Gasteiger partial charge in [0.25, 0.3) is 0 Å². The fourth-order valence-electron chi connectivity index (χ4n) is 0.791. The molecule has 0 spiro atoms. The summed E-state index contributed by atoms with van der Waals surface area (Å²) in [6, 6.07) is 6.75. The third kappa shape index (κ3) is 2.75. The Morgan fingerprint density at radius 3 is 2.25 bits per heavy atom. The van der Waals surface area contributed by atoms with Gasteiger partial charge in [-0.05, 0) is 18.6 Å². The Morgan fingerprint density at radius 1 is 1.17 bits per heavy atom. The van der Waals surface area contributed by atoms with Crippen molar-refractivity contribution >= 4 is 8.17 Å². The number of benzene rings is 1. The van der Waals surface area contributed by atoms with Crippen LogP contribution in [0.15, 0.2) is 24.3 Å². The Labute approximate surface area is 70.7 Å². The summed E-state index contributed by atoms with van der Waals surface area (Å²) in [5.41, 5.74) is 0.735. The van der Waals surface area contributed by atoms with Crippen LogP contribution in [0.3, 0.4) is 0 Å². The van der Waals surface area contributed by atoms with Gasteiger partial charge in [0.1, 0.15) is 0 Å². The van der Waals surface area contributed by atoms with E-state index in [1.165, 1.54) is 0 Å². The highest BCUT2D eigenvalue weighted by molar-refractivity contribution is 7.53. The van der Waals surface area contributed by atoms with E-state index in [-0.39, 0.29) is 5.75 Å². The van der Waals surface area contributed by atoms with Crippen molar-refractivity contribution in [1.82, 2.24) is 0 Å². The van der Waals surface area contributed by atoms with Gasteiger partial charge in [-0.2, -0.15) is 14.7 Å². The standard InChI is InChI=1S/C7H10O4P/c1-6-4-2-3-5-7(6)11-12(8,9)10/h2-5,8-10H,1H3/q+1. The molecule has 3 N–H and O–H groups in total. The lowest BCUT2D eigenvalue weighted by molar-refractivity contribution is 0.237. The molecule has 0 fully saturated rings. The molecule has 0 radical (unpaired) electrons. The van der Waals surface area contributed by atoms with Crippen LogP contribution in [0.2, 0.25) is 0 Å². The van der Waals surface area contributed by atoms with E-state index in [9.17, 15) is 0 Å². The van der Waals surface area contributed by atoms with Crippen molar-refractivity contribution in [2.75, 3.05) is 0 Å². The second-order valence-electron chi connectivity index (χ2n) is 2.37. The van der Waals surface area contributed by atoms with Gasteiger partial charge < -0.3 is 0 Å². The molecule has 0 aliphatic rings. The minimum Gasteiger partial charge on any atom is -0.261 e. The van der Waals surface area contributed by atoms with Crippen molar-refractivity contribution in [3.8, 4) is 5.75 Å². The van der Waals surface area contributed by atoms with E-state index in [2.05, 4.69) is 4.52 Å². The van der Waals surface area contributed by atoms with Gasteiger partial charge in [0, 0.05) is 0 Å². The highest BCUT2D eigenvalue weighted by Crippen LogP contribution is 2.46. The van der Waals surface area contributed by atoms with Crippen LogP contribution in [0, 0.1) is 6.92 Å². The molecule has 0 saturated carbocycles. The molecular formula is C7H10O4P+. The summed E-state index contributed by atoms with van der Waals surface area (Å²) in [5.74, 6) is 0.276. The summed E-state index contributed by atoms with van der Waals surface area (Å²) in [7, 11) is -4.16. The average Bonchev–Trinajstić information content (AvgIpc) is 1.91. The summed E-state index contributed by atoms with van der Waals surface area (Å²) in [4.78, 5) is 25.8. The molecule has 0 aliphatic heterocycles. The molecule has 12 heavy (non-hydrogen) atoms. The van der Waals surface area contributed by atoms with Crippen LogP contribution in [0.5, 0.6) is 5.75 Å². The van der Waals surface area contributed by atoms with Gasteiger partial charge in [0.2, 0.25) is 0 Å². The minimum absolute atomic E-state index is 0.276. The van der Waals surface area contributed by atoms with Crippen LogP contribution in [0.25, 0.3) is 0 Å². The molecule has 0 unspecified atom stereocenters. The van der Waals surface area contributed by atoms with Crippen molar-refractivity contribution in [3.63, 3.8) is 0 Å². The summed E-state index contributed by atoms with van der Waals surface area (Å²) >= 11 is 0. The van der Waals surface area contributed by atoms with Crippen molar-refractivity contribution in [2.45, 2.75) is 6.92 Å². The van der Waals surface area contributed by atoms with E-state index in [1.807, 2.05) is 0 Å². The van der Waals surface area contributed by atoms with Crippen LogP contribution < -0.4 is 4.52 Å². The van der Waals surface area contributed by atoms with E-state index in [0.717, 1.165) is 5.56 Å². The monoisotopic (exact) mass is 189 g/mol. The summed E-state index contributed by atoms with van der Waals surface area (Å²) in [6.07, 6.45) is 0. The third-order valence-electron chi connectivity index (χ3n) is 1.31. The van der Waals surface area contributed by atoms with Gasteiger partial charge in [-0.1, -0.05) is 18.2 Å². The van der Waals surface area contributed by atoms with E-state index < -0.39 is 8.17 Å². The number of aryl methyl sites for hydroxylation is 1. The van der Waals surface area contributed by atoms with Crippen LogP contribution in [-0.2, 0) is 0 Å². The van der Waals surface area contributed by atoms with E-state index in [0.29, 0.717) is 0 Å². The van der Waals surface area contributed by atoms with E-state index in [1.54, 1.807) is 31.2 Å². The molecule has 0 aliphatic carbocycles. The molecule has 0 heterocycles. The second-order valence-corrected chi connectivity index (χ2v) is 3.58. The smallest absolute Gasteiger partial charge is 0.261 e. The molecule has 5 heteroatoms. The van der Waals surface area contributed by atoms with Gasteiger partial charge in [-0.25, -0.2) is 0 Å². The maximum Gasteiger partial charge on any atom is 0.613 e. The lowest BCUT2D eigenvalue weighted by Crippen LogP contribution is -1.98. The average molecular weight is 189 g/mol. The molecule has 66 valence electrons. The van der Waals surface area contributed by atoms with Gasteiger partial charge in [0.05, 0.1) is 0 Å². The van der Waals surface area contributed by atoms with Crippen molar-refractivity contribution < 1.29 is 19.2 Å². The first-order valence-electron chi connectivity index (χ1n) is 3.31. The van der Waals surface area contributed by atoms with Gasteiger partial charge >= 0.3 is 8.17 Å². The third-order valence-corrected chi connectivity index (χ3v) is 1.76. The quantitative estimate of drug-likeness (QED) is 0.607. The topological polar surface area (TPSA) is 69.9 Å². The lowest BCUT2D eigenvalue weighted by Gasteiger charge is -2.05. The molecule has 1 aromatic rings. The van der Waals surface area contributed by atoms with Crippen molar-refractivity contribution in [1.29, 1.82) is 0 Å². The molecule has 1 rings (SSSR count). The molecule has 1 aromatic carbocycles. The highest BCUT2D eigenvalue weighted by Gasteiger charge is 2.35. The first kappa shape index (κ1) is 9.42. The predicted molar refractivity (Wildman–Crippen MR) is 45.4 cm³/mol. The summed E-state index contributed by atoms with van der Waals surface area (Å²) < 4.78 is 4.51. The van der Waals surface area contributed by atoms with Gasteiger partial charge in [0.15, 0.2) is 5.75 Å². The molecule has 0 aromatic heterocycles. The van der Waals surface area contributed by atoms with Crippen LogP contribution >= 0.6 is 8.17 Å². The van der Waals surface area contributed by atoms with Gasteiger partial charge in [-0.15, -0.1) is 0 Å². The molecule has 0 amide bonds. The van der Waals surface area contributed by atoms with Crippen molar-refractivity contribution in [2.24, 2.45) is 0 Å². The molecule has 0 saturated heterocycles. The Hall–Kier alpha value is -0.670. The SMILES string of the molecule is Cc1ccccc1O[P+](O)(O)O. The zero-order chi connectivity index (χ0) is 9.19. The van der Waals surface area contributed by atoms with E-state index >= 15 is 0 Å².